The average molecular weight is 423 g/mol. The molecule has 0 spiro atoms. The van der Waals surface area contributed by atoms with Crippen LogP contribution in [0, 0.1) is 0 Å². The standard InChI is InChI=1S/C28H26N2O2/c1-3-25(21-8-6-5-7-9-21)28(23-15-16-26-24(18-23)19-29-30-26)22-13-10-20(11-14-22)12-17-27(31)32-4-2/h5-19H,3-4H2,1-2H3,(H,29,30). The van der Waals surface area contributed by atoms with E-state index in [2.05, 4.69) is 71.7 Å². The SMILES string of the molecule is CCOC(=O)C=Cc1ccc(C(=C(CC)c2ccccc2)c2ccc3[nH]ncc3c2)cc1. The Morgan fingerprint density at radius 3 is 2.41 bits per heavy atom. The number of carbonyl (C=O) groups is 1. The van der Waals surface area contributed by atoms with Crippen LogP contribution in [0.5, 0.6) is 0 Å². The van der Waals surface area contributed by atoms with E-state index in [1.54, 1.807) is 13.0 Å². The van der Waals surface area contributed by atoms with Gasteiger partial charge in [0.05, 0.1) is 18.3 Å². The van der Waals surface area contributed by atoms with E-state index in [1.165, 1.54) is 22.8 Å². The summed E-state index contributed by atoms with van der Waals surface area (Å²) in [5, 5.41) is 8.28. The molecule has 1 heterocycles. The summed E-state index contributed by atoms with van der Waals surface area (Å²) in [5.41, 5.74) is 7.93. The Balaban J connectivity index is 1.81. The Hall–Kier alpha value is -3.92. The van der Waals surface area contributed by atoms with Crippen LogP contribution in [0.15, 0.2) is 85.1 Å². The maximum absolute atomic E-state index is 11.6. The van der Waals surface area contributed by atoms with Gasteiger partial charge in [0, 0.05) is 11.5 Å². The zero-order valence-electron chi connectivity index (χ0n) is 18.3. The van der Waals surface area contributed by atoms with Crippen molar-refractivity contribution >= 4 is 34.1 Å². The lowest BCUT2D eigenvalue weighted by atomic mass is 9.87. The number of aromatic amines is 1. The van der Waals surface area contributed by atoms with Gasteiger partial charge < -0.3 is 4.74 Å². The predicted octanol–water partition coefficient (Wildman–Crippen LogP) is 6.51. The van der Waals surface area contributed by atoms with Gasteiger partial charge >= 0.3 is 5.97 Å². The molecular formula is C28H26N2O2. The number of nitrogens with one attached hydrogen (secondary N) is 1. The maximum Gasteiger partial charge on any atom is 0.330 e. The second-order valence-electron chi connectivity index (χ2n) is 7.45. The maximum atomic E-state index is 11.6. The first kappa shape index (κ1) is 21.3. The van der Waals surface area contributed by atoms with Crippen molar-refractivity contribution in [2.24, 2.45) is 0 Å². The number of benzene rings is 3. The van der Waals surface area contributed by atoms with Crippen LogP contribution in [0.4, 0.5) is 0 Å². The number of H-pyrrole nitrogens is 1. The van der Waals surface area contributed by atoms with E-state index in [-0.39, 0.29) is 5.97 Å². The Morgan fingerprint density at radius 1 is 0.938 bits per heavy atom. The molecule has 160 valence electrons. The molecule has 0 atom stereocenters. The first-order valence-electron chi connectivity index (χ1n) is 10.9. The summed E-state index contributed by atoms with van der Waals surface area (Å²) in [6, 6.07) is 25.2. The molecule has 0 radical (unpaired) electrons. The molecule has 0 saturated heterocycles. The number of hydrogen-bond acceptors (Lipinski definition) is 3. The van der Waals surface area contributed by atoms with Crippen molar-refractivity contribution in [1.82, 2.24) is 10.2 Å². The summed E-state index contributed by atoms with van der Waals surface area (Å²) < 4.78 is 4.97. The molecule has 0 amide bonds. The van der Waals surface area contributed by atoms with E-state index in [1.807, 2.05) is 24.4 Å². The summed E-state index contributed by atoms with van der Waals surface area (Å²) in [6.45, 7) is 4.36. The van der Waals surface area contributed by atoms with Crippen LogP contribution in [0.1, 0.15) is 42.5 Å². The lowest BCUT2D eigenvalue weighted by Crippen LogP contribution is -1.98. The van der Waals surface area contributed by atoms with Crippen molar-refractivity contribution in [2.75, 3.05) is 6.61 Å². The lowest BCUT2D eigenvalue weighted by Gasteiger charge is -2.17. The molecule has 4 nitrogen and oxygen atoms in total. The van der Waals surface area contributed by atoms with Crippen LogP contribution >= 0.6 is 0 Å². The summed E-state index contributed by atoms with van der Waals surface area (Å²) in [5.74, 6) is -0.331. The Labute approximate surface area is 188 Å². The minimum absolute atomic E-state index is 0.331. The first-order valence-corrected chi connectivity index (χ1v) is 10.9. The van der Waals surface area contributed by atoms with E-state index < -0.39 is 0 Å². The highest BCUT2D eigenvalue weighted by atomic mass is 16.5. The Kier molecular flexibility index (Phi) is 6.61. The van der Waals surface area contributed by atoms with Crippen molar-refractivity contribution in [2.45, 2.75) is 20.3 Å². The molecular weight excluding hydrogens is 396 g/mol. The number of ether oxygens (including phenoxy) is 1. The number of rotatable bonds is 7. The molecule has 4 heteroatoms. The van der Waals surface area contributed by atoms with E-state index in [0.717, 1.165) is 34.0 Å². The summed E-state index contributed by atoms with van der Waals surface area (Å²) >= 11 is 0. The number of aromatic nitrogens is 2. The first-order chi connectivity index (χ1) is 15.7. The number of carbonyl (C=O) groups excluding carboxylic acids is 1. The van der Waals surface area contributed by atoms with Crippen molar-refractivity contribution in [3.63, 3.8) is 0 Å². The van der Waals surface area contributed by atoms with Gasteiger partial charge in [-0.3, -0.25) is 5.10 Å². The minimum atomic E-state index is -0.331. The van der Waals surface area contributed by atoms with Gasteiger partial charge in [-0.15, -0.1) is 0 Å². The highest BCUT2D eigenvalue weighted by Gasteiger charge is 2.14. The van der Waals surface area contributed by atoms with E-state index in [9.17, 15) is 4.79 Å². The average Bonchev–Trinajstić information content (AvgIpc) is 3.30. The summed E-state index contributed by atoms with van der Waals surface area (Å²) in [7, 11) is 0. The van der Waals surface area contributed by atoms with Gasteiger partial charge in [-0.05, 0) is 65.0 Å². The van der Waals surface area contributed by atoms with Crippen LogP contribution in [-0.2, 0) is 9.53 Å². The third kappa shape index (κ3) is 4.70. The number of fused-ring (bicyclic) bond motifs is 1. The molecule has 0 aliphatic rings. The number of esters is 1. The largest absolute Gasteiger partial charge is 0.463 e. The van der Waals surface area contributed by atoms with Crippen LogP contribution in [0.2, 0.25) is 0 Å². The molecule has 0 aliphatic carbocycles. The molecule has 0 bridgehead atoms. The Morgan fingerprint density at radius 2 is 1.69 bits per heavy atom. The van der Waals surface area contributed by atoms with Crippen molar-refractivity contribution in [1.29, 1.82) is 0 Å². The van der Waals surface area contributed by atoms with Crippen LogP contribution in [0.25, 0.3) is 28.1 Å². The molecule has 32 heavy (non-hydrogen) atoms. The highest BCUT2D eigenvalue weighted by Crippen LogP contribution is 2.35. The number of allylic oxidation sites excluding steroid dienone is 1. The fourth-order valence-corrected chi connectivity index (χ4v) is 3.89. The fourth-order valence-electron chi connectivity index (χ4n) is 3.89. The smallest absolute Gasteiger partial charge is 0.330 e. The van der Waals surface area contributed by atoms with Crippen LogP contribution in [0.3, 0.4) is 0 Å². The molecule has 4 aromatic rings. The quantitative estimate of drug-likeness (QED) is 0.210. The van der Waals surface area contributed by atoms with Gasteiger partial charge in [0.15, 0.2) is 0 Å². The Bertz CT molecular complexity index is 1270. The molecule has 0 unspecified atom stereocenters. The molecule has 1 aromatic heterocycles. The normalized spacial score (nSPS) is 12.2. The molecule has 4 rings (SSSR count). The van der Waals surface area contributed by atoms with Crippen molar-refractivity contribution in [3.8, 4) is 0 Å². The van der Waals surface area contributed by atoms with Gasteiger partial charge in [0.2, 0.25) is 0 Å². The van der Waals surface area contributed by atoms with Gasteiger partial charge in [-0.1, -0.05) is 67.6 Å². The molecule has 1 N–H and O–H groups in total. The lowest BCUT2D eigenvalue weighted by molar-refractivity contribution is -0.137. The van der Waals surface area contributed by atoms with Crippen molar-refractivity contribution < 1.29 is 9.53 Å². The van der Waals surface area contributed by atoms with Gasteiger partial charge in [0.1, 0.15) is 0 Å². The second-order valence-corrected chi connectivity index (χ2v) is 7.45. The molecule has 0 fully saturated rings. The highest BCUT2D eigenvalue weighted by molar-refractivity contribution is 6.00. The molecule has 0 aliphatic heterocycles. The van der Waals surface area contributed by atoms with Crippen LogP contribution < -0.4 is 0 Å². The third-order valence-electron chi connectivity index (χ3n) is 5.40. The van der Waals surface area contributed by atoms with Crippen molar-refractivity contribution in [3.05, 3.63) is 107 Å². The number of nitrogens with zero attached hydrogens (tertiary/aromatic N) is 1. The summed E-state index contributed by atoms with van der Waals surface area (Å²) in [4.78, 5) is 11.6. The van der Waals surface area contributed by atoms with Crippen LogP contribution in [-0.4, -0.2) is 22.8 Å². The minimum Gasteiger partial charge on any atom is -0.463 e. The second kappa shape index (κ2) is 9.92. The van der Waals surface area contributed by atoms with Gasteiger partial charge in [-0.25, -0.2) is 4.79 Å². The summed E-state index contributed by atoms with van der Waals surface area (Å²) in [6.07, 6.45) is 5.99. The monoisotopic (exact) mass is 422 g/mol. The zero-order chi connectivity index (χ0) is 22.3. The van der Waals surface area contributed by atoms with E-state index >= 15 is 0 Å². The topological polar surface area (TPSA) is 55.0 Å². The van der Waals surface area contributed by atoms with Gasteiger partial charge in [-0.2, -0.15) is 5.10 Å². The van der Waals surface area contributed by atoms with E-state index in [0.29, 0.717) is 6.61 Å². The third-order valence-corrected chi connectivity index (χ3v) is 5.40. The zero-order valence-corrected chi connectivity index (χ0v) is 18.3. The molecule has 0 saturated carbocycles. The molecule has 3 aromatic carbocycles. The van der Waals surface area contributed by atoms with E-state index in [4.69, 9.17) is 4.74 Å². The number of hydrogen-bond donors (Lipinski definition) is 1. The van der Waals surface area contributed by atoms with Gasteiger partial charge in [0.25, 0.3) is 0 Å². The fraction of sp³-hybridized carbons (Fsp3) is 0.143. The predicted molar refractivity (Wildman–Crippen MR) is 131 cm³/mol.